The van der Waals surface area contributed by atoms with Crippen LogP contribution in [0.2, 0.25) is 0 Å². The highest BCUT2D eigenvalue weighted by Crippen LogP contribution is 2.17. The summed E-state index contributed by atoms with van der Waals surface area (Å²) in [5.41, 5.74) is 1.65. The number of aromatic nitrogens is 1. The summed E-state index contributed by atoms with van der Waals surface area (Å²) in [5, 5.41) is 15.9. The third-order valence-electron chi connectivity index (χ3n) is 3.19. The van der Waals surface area contributed by atoms with E-state index in [-0.39, 0.29) is 11.9 Å². The second-order valence-corrected chi connectivity index (χ2v) is 6.26. The van der Waals surface area contributed by atoms with Gasteiger partial charge in [-0.2, -0.15) is 0 Å². The van der Waals surface area contributed by atoms with Crippen LogP contribution in [0.3, 0.4) is 0 Å². The van der Waals surface area contributed by atoms with Gasteiger partial charge in [0.15, 0.2) is 0 Å². The van der Waals surface area contributed by atoms with Crippen molar-refractivity contribution in [3.63, 3.8) is 0 Å². The summed E-state index contributed by atoms with van der Waals surface area (Å²) in [6, 6.07) is 9.32. The van der Waals surface area contributed by atoms with Crippen molar-refractivity contribution in [3.05, 3.63) is 58.1 Å². The minimum Gasteiger partial charge on any atom is -0.388 e. The first-order valence-corrected chi connectivity index (χ1v) is 8.06. The molecule has 2 aromatic rings. The minimum atomic E-state index is -0.582. The van der Waals surface area contributed by atoms with Gasteiger partial charge in [-0.25, -0.2) is 4.98 Å². The molecular weight excluding hydrogens is 296 g/mol. The lowest BCUT2D eigenvalue weighted by Crippen LogP contribution is -2.32. The zero-order valence-corrected chi connectivity index (χ0v) is 13.5. The minimum absolute atomic E-state index is 0.121. The molecule has 2 unspecified atom stereocenters. The number of hydrogen-bond acceptors (Lipinski definition) is 4. The number of rotatable bonds is 6. The topological polar surface area (TPSA) is 62.2 Å². The zero-order valence-electron chi connectivity index (χ0n) is 12.7. The summed E-state index contributed by atoms with van der Waals surface area (Å²) >= 11 is 1.55. The van der Waals surface area contributed by atoms with Crippen molar-refractivity contribution in [1.29, 1.82) is 0 Å². The summed E-state index contributed by atoms with van der Waals surface area (Å²) in [6.07, 6.45) is 3.06. The molecule has 0 spiro atoms. The molecule has 1 heterocycles. The number of aryl methyl sites for hydroxylation is 1. The third-order valence-corrected chi connectivity index (χ3v) is 3.98. The Bertz CT molecular complexity index is 637. The molecular formula is C17H20N2O2S. The van der Waals surface area contributed by atoms with Crippen LogP contribution in [0, 0.1) is 6.92 Å². The predicted octanol–water partition coefficient (Wildman–Crippen LogP) is 3.09. The Kier molecular flexibility index (Phi) is 5.86. The highest BCUT2D eigenvalue weighted by atomic mass is 32.1. The summed E-state index contributed by atoms with van der Waals surface area (Å²) in [5.74, 6) is -0.182. The molecule has 0 radical (unpaired) electrons. The predicted molar refractivity (Wildman–Crippen MR) is 89.5 cm³/mol. The van der Waals surface area contributed by atoms with Gasteiger partial charge in [0.2, 0.25) is 5.91 Å². The van der Waals surface area contributed by atoms with Crippen molar-refractivity contribution in [3.8, 4) is 0 Å². The lowest BCUT2D eigenvalue weighted by Gasteiger charge is -2.17. The number of thiazole rings is 1. The smallest absolute Gasteiger partial charge is 0.244 e. The summed E-state index contributed by atoms with van der Waals surface area (Å²) in [7, 11) is 0. The Hall–Kier alpha value is -1.98. The lowest BCUT2D eigenvalue weighted by molar-refractivity contribution is -0.117. The Morgan fingerprint density at radius 3 is 2.77 bits per heavy atom. The van der Waals surface area contributed by atoms with Crippen molar-refractivity contribution in [2.45, 2.75) is 32.4 Å². The van der Waals surface area contributed by atoms with Crippen molar-refractivity contribution >= 4 is 23.3 Å². The van der Waals surface area contributed by atoms with E-state index in [1.807, 2.05) is 49.6 Å². The van der Waals surface area contributed by atoms with Crippen LogP contribution in [-0.4, -0.2) is 22.0 Å². The number of carbonyl (C=O) groups is 1. The molecule has 116 valence electrons. The standard InChI is InChI=1S/C17H20N2O2S/c1-12(10-16(20)14-6-4-3-5-7-14)18-17(21)9-8-15-11-22-13(2)19-15/h3-9,11-12,16,20H,10H2,1-2H3,(H,18,21)/b9-8+. The molecule has 0 aliphatic rings. The molecule has 2 N–H and O–H groups in total. The molecule has 0 bridgehead atoms. The Balaban J connectivity index is 1.82. The SMILES string of the molecule is Cc1nc(/C=C/C(=O)NC(C)CC(O)c2ccccc2)cs1. The van der Waals surface area contributed by atoms with E-state index in [2.05, 4.69) is 10.3 Å². The normalized spacial score (nSPS) is 14.0. The molecule has 1 aromatic carbocycles. The molecule has 1 amide bonds. The van der Waals surface area contributed by atoms with Crippen LogP contribution in [0.25, 0.3) is 6.08 Å². The van der Waals surface area contributed by atoms with Gasteiger partial charge >= 0.3 is 0 Å². The van der Waals surface area contributed by atoms with E-state index in [9.17, 15) is 9.90 Å². The second-order valence-electron chi connectivity index (χ2n) is 5.20. The van der Waals surface area contributed by atoms with Gasteiger partial charge in [-0.15, -0.1) is 11.3 Å². The van der Waals surface area contributed by atoms with Crippen LogP contribution in [0.5, 0.6) is 0 Å². The summed E-state index contributed by atoms with van der Waals surface area (Å²) < 4.78 is 0. The van der Waals surface area contributed by atoms with Gasteiger partial charge in [0, 0.05) is 17.5 Å². The van der Waals surface area contributed by atoms with E-state index in [0.717, 1.165) is 16.3 Å². The fraction of sp³-hybridized carbons (Fsp3) is 0.294. The first kappa shape index (κ1) is 16.4. The van der Waals surface area contributed by atoms with Crippen molar-refractivity contribution < 1.29 is 9.90 Å². The van der Waals surface area contributed by atoms with E-state index in [1.54, 1.807) is 17.4 Å². The van der Waals surface area contributed by atoms with Gasteiger partial charge in [-0.05, 0) is 31.9 Å². The van der Waals surface area contributed by atoms with Gasteiger partial charge < -0.3 is 10.4 Å². The van der Waals surface area contributed by atoms with Crippen molar-refractivity contribution in [1.82, 2.24) is 10.3 Å². The van der Waals surface area contributed by atoms with Crippen LogP contribution < -0.4 is 5.32 Å². The Labute approximate surface area is 134 Å². The van der Waals surface area contributed by atoms with Crippen LogP contribution in [0.15, 0.2) is 41.8 Å². The molecule has 2 atom stereocenters. The number of nitrogens with one attached hydrogen (secondary N) is 1. The fourth-order valence-electron chi connectivity index (χ4n) is 2.11. The maximum atomic E-state index is 11.8. The van der Waals surface area contributed by atoms with E-state index < -0.39 is 6.10 Å². The molecule has 0 aliphatic carbocycles. The van der Waals surface area contributed by atoms with E-state index in [0.29, 0.717) is 6.42 Å². The van der Waals surface area contributed by atoms with Crippen LogP contribution in [-0.2, 0) is 4.79 Å². The Morgan fingerprint density at radius 1 is 1.41 bits per heavy atom. The third kappa shape index (κ3) is 5.09. The molecule has 0 saturated heterocycles. The number of aliphatic hydroxyl groups excluding tert-OH is 1. The van der Waals surface area contributed by atoms with E-state index >= 15 is 0 Å². The fourth-order valence-corrected chi connectivity index (χ4v) is 2.69. The van der Waals surface area contributed by atoms with Gasteiger partial charge in [0.1, 0.15) is 0 Å². The molecule has 5 heteroatoms. The van der Waals surface area contributed by atoms with Crippen LogP contribution >= 0.6 is 11.3 Å². The number of carbonyl (C=O) groups excluding carboxylic acids is 1. The van der Waals surface area contributed by atoms with Crippen LogP contribution in [0.1, 0.15) is 35.7 Å². The number of nitrogens with zero attached hydrogens (tertiary/aromatic N) is 1. The summed E-state index contributed by atoms with van der Waals surface area (Å²) in [4.78, 5) is 16.1. The molecule has 1 aromatic heterocycles. The highest BCUT2D eigenvalue weighted by molar-refractivity contribution is 7.09. The molecule has 0 fully saturated rings. The van der Waals surface area contributed by atoms with Crippen molar-refractivity contribution in [2.24, 2.45) is 0 Å². The van der Waals surface area contributed by atoms with Crippen LogP contribution in [0.4, 0.5) is 0 Å². The number of amides is 1. The molecule has 0 saturated carbocycles. The molecule has 0 aliphatic heterocycles. The quantitative estimate of drug-likeness (QED) is 0.805. The van der Waals surface area contributed by atoms with Gasteiger partial charge in [-0.3, -0.25) is 4.79 Å². The number of benzene rings is 1. The monoisotopic (exact) mass is 316 g/mol. The van der Waals surface area contributed by atoms with Gasteiger partial charge in [0.25, 0.3) is 0 Å². The number of hydrogen-bond donors (Lipinski definition) is 2. The zero-order chi connectivity index (χ0) is 15.9. The number of aliphatic hydroxyl groups is 1. The Morgan fingerprint density at radius 2 is 2.14 bits per heavy atom. The van der Waals surface area contributed by atoms with Crippen molar-refractivity contribution in [2.75, 3.05) is 0 Å². The van der Waals surface area contributed by atoms with E-state index in [4.69, 9.17) is 0 Å². The second kappa shape index (κ2) is 7.87. The largest absolute Gasteiger partial charge is 0.388 e. The summed E-state index contributed by atoms with van der Waals surface area (Å²) in [6.45, 7) is 3.81. The average molecular weight is 316 g/mol. The molecule has 22 heavy (non-hydrogen) atoms. The lowest BCUT2D eigenvalue weighted by atomic mass is 10.0. The first-order valence-electron chi connectivity index (χ1n) is 7.18. The maximum Gasteiger partial charge on any atom is 0.244 e. The molecule has 4 nitrogen and oxygen atoms in total. The molecule has 2 rings (SSSR count). The maximum absolute atomic E-state index is 11.8. The first-order chi connectivity index (χ1) is 10.5. The average Bonchev–Trinajstić information content (AvgIpc) is 2.91. The van der Waals surface area contributed by atoms with E-state index in [1.165, 1.54) is 6.08 Å². The van der Waals surface area contributed by atoms with Gasteiger partial charge in [0.05, 0.1) is 16.8 Å². The highest BCUT2D eigenvalue weighted by Gasteiger charge is 2.13. The van der Waals surface area contributed by atoms with Gasteiger partial charge in [-0.1, -0.05) is 30.3 Å².